The summed E-state index contributed by atoms with van der Waals surface area (Å²) in [5, 5.41) is 14.8. The Morgan fingerprint density at radius 3 is 2.44 bits per heavy atom. The lowest BCUT2D eigenvalue weighted by atomic mass is 10.1. The van der Waals surface area contributed by atoms with Gasteiger partial charge in [-0.2, -0.15) is 0 Å². The molecule has 166 valence electrons. The van der Waals surface area contributed by atoms with Crippen molar-refractivity contribution in [2.75, 3.05) is 0 Å². The average molecular weight is 433 g/mol. The normalized spacial score (nSPS) is 14.8. The van der Waals surface area contributed by atoms with Crippen molar-refractivity contribution in [2.24, 2.45) is 5.73 Å². The molecule has 1 aliphatic rings. The van der Waals surface area contributed by atoms with E-state index in [1.165, 1.54) is 23.9 Å². The maximum atomic E-state index is 12.3. The number of hydrogen-bond acceptors (Lipinski definition) is 5. The molecular weight excluding hydrogens is 404 g/mol. The summed E-state index contributed by atoms with van der Waals surface area (Å²) in [5.41, 5.74) is 10.7. The highest BCUT2D eigenvalue weighted by molar-refractivity contribution is 5.97. The predicted octanol–water partition coefficient (Wildman–Crippen LogP) is 1.95. The molecule has 0 aliphatic heterocycles. The minimum Gasteiger partial charge on any atom is -0.339 e. The molecule has 0 radical (unpaired) electrons. The van der Waals surface area contributed by atoms with E-state index in [9.17, 15) is 9.59 Å². The van der Waals surface area contributed by atoms with E-state index in [0.29, 0.717) is 11.6 Å². The molecule has 0 bridgehead atoms. The van der Waals surface area contributed by atoms with Crippen LogP contribution < -0.4 is 21.8 Å². The summed E-state index contributed by atoms with van der Waals surface area (Å²) in [6, 6.07) is 14.1. The lowest BCUT2D eigenvalue weighted by Crippen LogP contribution is -2.54. The Kier molecular flexibility index (Phi) is 8.17. The number of hydroxylamine groups is 1. The van der Waals surface area contributed by atoms with Gasteiger partial charge in [0.15, 0.2) is 0 Å². The van der Waals surface area contributed by atoms with Gasteiger partial charge in [0.05, 0.1) is 0 Å². The van der Waals surface area contributed by atoms with E-state index in [2.05, 4.69) is 34.6 Å². The summed E-state index contributed by atoms with van der Waals surface area (Å²) in [7, 11) is 0. The highest BCUT2D eigenvalue weighted by atomic mass is 16.5. The Labute approximate surface area is 188 Å². The van der Waals surface area contributed by atoms with Crippen LogP contribution in [0.5, 0.6) is 0 Å². The summed E-state index contributed by atoms with van der Waals surface area (Å²) in [5.74, 6) is 4.90. The summed E-state index contributed by atoms with van der Waals surface area (Å²) < 4.78 is 0. The maximum Gasteiger partial charge on any atom is 0.267 e. The van der Waals surface area contributed by atoms with Crippen LogP contribution in [0.25, 0.3) is 6.08 Å². The van der Waals surface area contributed by atoms with Gasteiger partial charge in [-0.1, -0.05) is 36.1 Å². The van der Waals surface area contributed by atoms with Crippen LogP contribution in [0.2, 0.25) is 0 Å². The summed E-state index contributed by atoms with van der Waals surface area (Å²) >= 11 is 0. The molecule has 2 amide bonds. The molecular formula is C25H28N4O3. The molecule has 0 unspecified atom stereocenters. The van der Waals surface area contributed by atoms with Gasteiger partial charge in [-0.15, -0.1) is 0 Å². The van der Waals surface area contributed by atoms with Crippen LogP contribution in [-0.2, 0) is 11.3 Å². The van der Waals surface area contributed by atoms with Gasteiger partial charge in [0.1, 0.15) is 6.04 Å². The quantitative estimate of drug-likeness (QED) is 0.248. The number of carbonyl (C=O) groups is 2. The molecule has 3 rings (SSSR count). The number of carbonyl (C=O) groups excluding carboxylic acids is 2. The zero-order valence-electron chi connectivity index (χ0n) is 18.0. The Balaban J connectivity index is 1.53. The molecule has 2 atom stereocenters. The summed E-state index contributed by atoms with van der Waals surface area (Å²) in [6.07, 6.45) is 6.17. The van der Waals surface area contributed by atoms with E-state index < -0.39 is 23.9 Å². The minimum absolute atomic E-state index is 0.376. The van der Waals surface area contributed by atoms with Crippen LogP contribution in [0.4, 0.5) is 0 Å². The van der Waals surface area contributed by atoms with Crippen molar-refractivity contribution in [1.82, 2.24) is 16.1 Å². The van der Waals surface area contributed by atoms with E-state index in [-0.39, 0.29) is 0 Å². The average Bonchev–Trinajstić information content (AvgIpc) is 3.64. The van der Waals surface area contributed by atoms with Crippen molar-refractivity contribution < 1.29 is 14.8 Å². The molecule has 1 aliphatic carbocycles. The van der Waals surface area contributed by atoms with E-state index in [1.54, 1.807) is 37.3 Å². The van der Waals surface area contributed by atoms with Crippen LogP contribution in [0.1, 0.15) is 46.8 Å². The number of benzene rings is 2. The Hall–Kier alpha value is -3.44. The van der Waals surface area contributed by atoms with Gasteiger partial charge in [0.25, 0.3) is 11.8 Å². The van der Waals surface area contributed by atoms with Gasteiger partial charge in [0.2, 0.25) is 0 Å². The van der Waals surface area contributed by atoms with Crippen molar-refractivity contribution in [3.05, 3.63) is 76.9 Å². The topological polar surface area (TPSA) is 116 Å². The van der Waals surface area contributed by atoms with E-state index in [1.807, 2.05) is 18.2 Å². The third-order valence-electron chi connectivity index (χ3n) is 5.08. The zero-order chi connectivity index (χ0) is 22.9. The molecule has 2 aromatic rings. The van der Waals surface area contributed by atoms with Crippen LogP contribution in [0.3, 0.4) is 0 Å². The van der Waals surface area contributed by atoms with Crippen molar-refractivity contribution in [1.29, 1.82) is 0 Å². The number of allylic oxidation sites excluding steroid dienone is 1. The van der Waals surface area contributed by atoms with Gasteiger partial charge in [-0.25, -0.2) is 5.48 Å². The van der Waals surface area contributed by atoms with E-state index in [0.717, 1.165) is 17.7 Å². The standard InChI is InChI=1S/C25H28N4O3/c1-17(26)23(25(31)29-32)28-24(30)21-12-10-19(11-13-21)5-3-2-4-18-6-8-20(9-7-18)16-27-22-14-15-22/h3,5-13,17,22-23,27,32H,14-16,26H2,1H3,(H,28,30)(H,29,31)/b5-3+/t17-,23+/m1/s1. The zero-order valence-corrected chi connectivity index (χ0v) is 18.0. The first-order valence-corrected chi connectivity index (χ1v) is 10.6. The fourth-order valence-corrected chi connectivity index (χ4v) is 2.99. The van der Waals surface area contributed by atoms with Gasteiger partial charge < -0.3 is 16.4 Å². The molecule has 32 heavy (non-hydrogen) atoms. The van der Waals surface area contributed by atoms with Crippen molar-refractivity contribution >= 4 is 17.9 Å². The third-order valence-corrected chi connectivity index (χ3v) is 5.08. The van der Waals surface area contributed by atoms with Crippen molar-refractivity contribution in [2.45, 2.75) is 44.4 Å². The first-order chi connectivity index (χ1) is 15.5. The largest absolute Gasteiger partial charge is 0.339 e. The number of nitrogens with two attached hydrogens (primary N) is 1. The molecule has 0 saturated heterocycles. The molecule has 7 nitrogen and oxygen atoms in total. The summed E-state index contributed by atoms with van der Waals surface area (Å²) in [4.78, 5) is 24.0. The summed E-state index contributed by atoms with van der Waals surface area (Å²) in [6.45, 7) is 2.46. The molecule has 2 aromatic carbocycles. The van der Waals surface area contributed by atoms with Crippen molar-refractivity contribution in [3.63, 3.8) is 0 Å². The second-order valence-electron chi connectivity index (χ2n) is 7.86. The Morgan fingerprint density at radius 1 is 1.16 bits per heavy atom. The van der Waals surface area contributed by atoms with Gasteiger partial charge in [-0.3, -0.25) is 14.8 Å². The molecule has 1 fully saturated rings. The van der Waals surface area contributed by atoms with Crippen LogP contribution in [0.15, 0.2) is 54.6 Å². The number of nitrogens with one attached hydrogen (secondary N) is 3. The number of amides is 2. The monoisotopic (exact) mass is 432 g/mol. The lowest BCUT2D eigenvalue weighted by Gasteiger charge is -2.20. The van der Waals surface area contributed by atoms with Gasteiger partial charge in [-0.05, 0) is 67.3 Å². The van der Waals surface area contributed by atoms with E-state index >= 15 is 0 Å². The molecule has 7 heteroatoms. The highest BCUT2D eigenvalue weighted by Gasteiger charge is 2.24. The lowest BCUT2D eigenvalue weighted by molar-refractivity contribution is -0.131. The fourth-order valence-electron chi connectivity index (χ4n) is 2.99. The molecule has 6 N–H and O–H groups in total. The van der Waals surface area contributed by atoms with Crippen LogP contribution in [0, 0.1) is 11.8 Å². The second-order valence-corrected chi connectivity index (χ2v) is 7.86. The maximum absolute atomic E-state index is 12.3. The molecule has 0 aromatic heterocycles. The van der Waals surface area contributed by atoms with Crippen LogP contribution in [-0.4, -0.2) is 35.1 Å². The Morgan fingerprint density at radius 2 is 1.84 bits per heavy atom. The molecule has 0 spiro atoms. The first kappa shape index (κ1) is 23.2. The Bertz CT molecular complexity index is 1010. The highest BCUT2D eigenvalue weighted by Crippen LogP contribution is 2.19. The number of rotatable bonds is 8. The van der Waals surface area contributed by atoms with Gasteiger partial charge >= 0.3 is 0 Å². The number of hydrogen-bond donors (Lipinski definition) is 5. The van der Waals surface area contributed by atoms with Gasteiger partial charge in [0, 0.05) is 29.8 Å². The fraction of sp³-hybridized carbons (Fsp3) is 0.280. The molecule has 1 saturated carbocycles. The molecule has 0 heterocycles. The third kappa shape index (κ3) is 7.06. The van der Waals surface area contributed by atoms with Crippen molar-refractivity contribution in [3.8, 4) is 11.8 Å². The predicted molar refractivity (Wildman–Crippen MR) is 123 cm³/mol. The SMILES string of the molecule is C[C@@H](N)[C@H](NC(=O)c1ccc(/C=C/C#Cc2ccc(CNC3CC3)cc2)cc1)C(=O)NO. The second kappa shape index (κ2) is 11.3. The van der Waals surface area contributed by atoms with Crippen LogP contribution >= 0.6 is 0 Å². The van der Waals surface area contributed by atoms with E-state index in [4.69, 9.17) is 10.9 Å². The minimum atomic E-state index is -1.04. The smallest absolute Gasteiger partial charge is 0.267 e. The first-order valence-electron chi connectivity index (χ1n) is 10.6.